The van der Waals surface area contributed by atoms with Crippen LogP contribution in [0.5, 0.6) is 0 Å². The van der Waals surface area contributed by atoms with Crippen molar-refractivity contribution in [1.82, 2.24) is 0 Å². The second-order valence-corrected chi connectivity index (χ2v) is 6.10. The molecule has 2 fully saturated rings. The van der Waals surface area contributed by atoms with Crippen LogP contribution in [0, 0.1) is 17.8 Å². The van der Waals surface area contributed by atoms with Crippen LogP contribution in [0.25, 0.3) is 0 Å². The molecule has 2 saturated carbocycles. The first kappa shape index (κ1) is 15.0. The summed E-state index contributed by atoms with van der Waals surface area (Å²) >= 11 is 0. The van der Waals surface area contributed by atoms with Crippen molar-refractivity contribution in [3.63, 3.8) is 0 Å². The van der Waals surface area contributed by atoms with E-state index < -0.39 is 0 Å². The van der Waals surface area contributed by atoms with Gasteiger partial charge in [0.05, 0.1) is 13.6 Å². The van der Waals surface area contributed by atoms with E-state index in [1.165, 1.54) is 70.8 Å². The Balaban J connectivity index is 0.00000144. The fourth-order valence-electron chi connectivity index (χ4n) is 4.17. The molecule has 2 nitrogen and oxygen atoms in total. The van der Waals surface area contributed by atoms with Crippen LogP contribution in [0.15, 0.2) is 0 Å². The summed E-state index contributed by atoms with van der Waals surface area (Å²) < 4.78 is 0. The maximum Gasteiger partial charge on any atom is 0.0787 e. The fraction of sp³-hybridized carbons (Fsp3) is 1.00. The molecule has 0 unspecified atom stereocenters. The van der Waals surface area contributed by atoms with Crippen molar-refractivity contribution in [3.05, 3.63) is 0 Å². The monoisotopic (exact) mass is 241 g/mol. The number of hydrogen-bond acceptors (Lipinski definition) is 1. The van der Waals surface area contributed by atoms with Gasteiger partial charge in [0, 0.05) is 5.92 Å². The molecule has 0 saturated heterocycles. The van der Waals surface area contributed by atoms with E-state index >= 15 is 0 Å². The van der Waals surface area contributed by atoms with Gasteiger partial charge in [0.1, 0.15) is 0 Å². The second kappa shape index (κ2) is 8.10. The van der Waals surface area contributed by atoms with E-state index in [4.69, 9.17) is 0 Å². The van der Waals surface area contributed by atoms with Crippen LogP contribution < -0.4 is 5.32 Å². The van der Waals surface area contributed by atoms with E-state index in [0.29, 0.717) is 0 Å². The highest BCUT2D eigenvalue weighted by molar-refractivity contribution is 4.81. The maximum atomic E-state index is 2.44. The molecule has 0 aliphatic heterocycles. The Hall–Kier alpha value is -0.0800. The minimum atomic E-state index is 0. The lowest BCUT2D eigenvalue weighted by molar-refractivity contribution is -0.635. The predicted octanol–water partition coefficient (Wildman–Crippen LogP) is 2.78. The van der Waals surface area contributed by atoms with Crippen LogP contribution in [-0.4, -0.2) is 19.1 Å². The maximum absolute atomic E-state index is 2.44. The van der Waals surface area contributed by atoms with E-state index in [1.807, 2.05) is 0 Å². The number of hydrogen-bond donors (Lipinski definition) is 1. The molecule has 0 aromatic heterocycles. The molecule has 0 aromatic carbocycles. The fourth-order valence-corrected chi connectivity index (χ4v) is 4.17. The molecular formula is C15H31NO. The molecule has 2 rings (SSSR count). The first-order valence-corrected chi connectivity index (χ1v) is 7.69. The lowest BCUT2D eigenvalue weighted by atomic mass is 9.69. The highest BCUT2D eigenvalue weighted by Gasteiger charge is 2.31. The van der Waals surface area contributed by atoms with E-state index in [-0.39, 0.29) is 5.48 Å². The molecule has 102 valence electrons. The van der Waals surface area contributed by atoms with E-state index in [1.54, 1.807) is 0 Å². The molecule has 2 aliphatic carbocycles. The first-order valence-electron chi connectivity index (χ1n) is 7.69. The Labute approximate surface area is 107 Å². The van der Waals surface area contributed by atoms with Crippen molar-refractivity contribution < 1.29 is 10.8 Å². The molecular weight excluding hydrogens is 210 g/mol. The van der Waals surface area contributed by atoms with Crippen LogP contribution in [0.2, 0.25) is 0 Å². The third-order valence-corrected chi connectivity index (χ3v) is 5.02. The van der Waals surface area contributed by atoms with Gasteiger partial charge < -0.3 is 10.8 Å². The van der Waals surface area contributed by atoms with E-state index in [0.717, 1.165) is 17.8 Å². The predicted molar refractivity (Wildman–Crippen MR) is 71.3 cm³/mol. The van der Waals surface area contributed by atoms with Gasteiger partial charge in [-0.15, -0.1) is 0 Å². The zero-order chi connectivity index (χ0) is 11.2. The van der Waals surface area contributed by atoms with Crippen molar-refractivity contribution in [3.8, 4) is 0 Å². The van der Waals surface area contributed by atoms with Crippen molar-refractivity contribution >= 4 is 0 Å². The molecule has 0 aromatic rings. The molecule has 2 heteroatoms. The molecule has 0 amide bonds. The van der Waals surface area contributed by atoms with Gasteiger partial charge in [0.15, 0.2) is 0 Å². The average Bonchev–Trinajstić information content (AvgIpc) is 2.38. The quantitative estimate of drug-likeness (QED) is 0.808. The van der Waals surface area contributed by atoms with Crippen LogP contribution in [0.4, 0.5) is 0 Å². The molecule has 0 radical (unpaired) electrons. The van der Waals surface area contributed by atoms with Gasteiger partial charge in [0.25, 0.3) is 0 Å². The summed E-state index contributed by atoms with van der Waals surface area (Å²) in [5.41, 5.74) is 0. The number of quaternary nitrogens is 1. The van der Waals surface area contributed by atoms with Gasteiger partial charge in [0.2, 0.25) is 0 Å². The lowest BCUT2D eigenvalue weighted by Crippen LogP contribution is -2.82. The zero-order valence-electron chi connectivity index (χ0n) is 11.5. The normalized spacial score (nSPS) is 23.6. The molecule has 2 aliphatic rings. The Morgan fingerprint density at radius 3 is 1.59 bits per heavy atom. The van der Waals surface area contributed by atoms with E-state index in [2.05, 4.69) is 12.4 Å². The Morgan fingerprint density at radius 1 is 0.824 bits per heavy atom. The van der Waals surface area contributed by atoms with Crippen molar-refractivity contribution in [2.75, 3.05) is 13.6 Å². The summed E-state index contributed by atoms with van der Waals surface area (Å²) in [6.45, 7) is 1.40. The minimum Gasteiger partial charge on any atom is -0.870 e. The third kappa shape index (κ3) is 4.26. The summed E-state index contributed by atoms with van der Waals surface area (Å²) in [5.74, 6) is 3.20. The molecule has 0 heterocycles. The van der Waals surface area contributed by atoms with Gasteiger partial charge >= 0.3 is 0 Å². The summed E-state index contributed by atoms with van der Waals surface area (Å²) in [6.07, 6.45) is 15.2. The second-order valence-electron chi connectivity index (χ2n) is 6.10. The summed E-state index contributed by atoms with van der Waals surface area (Å²) in [7, 11) is 2.26. The van der Waals surface area contributed by atoms with Gasteiger partial charge in [-0.2, -0.15) is 0 Å². The van der Waals surface area contributed by atoms with Gasteiger partial charge in [-0.25, -0.2) is 0 Å². The SMILES string of the molecule is C[NH2+]CC(C1CCCCC1)C1CCCCC1.[OH-]. The molecule has 0 spiro atoms. The average molecular weight is 241 g/mol. The minimum absolute atomic E-state index is 0. The van der Waals surface area contributed by atoms with Crippen LogP contribution in [0.3, 0.4) is 0 Å². The molecule has 3 N–H and O–H groups in total. The van der Waals surface area contributed by atoms with Crippen LogP contribution >= 0.6 is 0 Å². The lowest BCUT2D eigenvalue weighted by Gasteiger charge is -2.36. The molecule has 17 heavy (non-hydrogen) atoms. The highest BCUT2D eigenvalue weighted by Crippen LogP contribution is 2.39. The Bertz CT molecular complexity index is 165. The number of nitrogens with two attached hydrogens (primary N) is 1. The van der Waals surface area contributed by atoms with Crippen LogP contribution in [-0.2, 0) is 0 Å². The van der Waals surface area contributed by atoms with Crippen molar-refractivity contribution in [1.29, 1.82) is 0 Å². The Kier molecular flexibility index (Phi) is 7.14. The van der Waals surface area contributed by atoms with E-state index in [9.17, 15) is 0 Å². The van der Waals surface area contributed by atoms with Gasteiger partial charge in [-0.05, 0) is 37.5 Å². The van der Waals surface area contributed by atoms with Gasteiger partial charge in [-0.3, -0.25) is 0 Å². The van der Waals surface area contributed by atoms with Crippen LogP contribution in [0.1, 0.15) is 64.2 Å². The Morgan fingerprint density at radius 2 is 1.24 bits per heavy atom. The largest absolute Gasteiger partial charge is 0.870 e. The van der Waals surface area contributed by atoms with Gasteiger partial charge in [-0.1, -0.05) is 38.5 Å². The standard InChI is InChI=1S/C15H29N.H2O/c1-16-12-15(13-8-4-2-5-9-13)14-10-6-3-7-11-14;/h13-16H,2-12H2,1H3;1H2. The summed E-state index contributed by atoms with van der Waals surface area (Å²) in [4.78, 5) is 0. The highest BCUT2D eigenvalue weighted by atomic mass is 16.0. The van der Waals surface area contributed by atoms with Crippen molar-refractivity contribution in [2.24, 2.45) is 17.8 Å². The third-order valence-electron chi connectivity index (χ3n) is 5.02. The first-order chi connectivity index (χ1) is 7.92. The zero-order valence-corrected chi connectivity index (χ0v) is 11.5. The molecule has 0 atom stereocenters. The van der Waals surface area contributed by atoms with Crippen molar-refractivity contribution in [2.45, 2.75) is 64.2 Å². The smallest absolute Gasteiger partial charge is 0.0787 e. The summed E-state index contributed by atoms with van der Waals surface area (Å²) in [6, 6.07) is 0. The number of rotatable bonds is 4. The molecule has 0 bridgehead atoms. The summed E-state index contributed by atoms with van der Waals surface area (Å²) in [5, 5.41) is 2.44. The topological polar surface area (TPSA) is 46.6 Å².